The number of hydrogen-bond donors (Lipinski definition) is 1. The second-order valence-electron chi connectivity index (χ2n) is 3.69. The van der Waals surface area contributed by atoms with Gasteiger partial charge in [0.25, 0.3) is 0 Å². The second-order valence-corrected chi connectivity index (χ2v) is 3.69. The highest BCUT2D eigenvalue weighted by atomic mass is 16.7. The van der Waals surface area contributed by atoms with Gasteiger partial charge >= 0.3 is 0 Å². The van der Waals surface area contributed by atoms with Crippen molar-refractivity contribution in [2.75, 3.05) is 13.3 Å². The van der Waals surface area contributed by atoms with Crippen molar-refractivity contribution >= 4 is 12.0 Å². The van der Waals surface area contributed by atoms with Crippen LogP contribution in [0.2, 0.25) is 0 Å². The fraction of sp³-hybridized carbons (Fsp3) is 0.214. The molecule has 1 aliphatic heterocycles. The van der Waals surface area contributed by atoms with Gasteiger partial charge in [-0.1, -0.05) is 6.07 Å². The van der Waals surface area contributed by atoms with E-state index in [2.05, 4.69) is 11.2 Å². The van der Waals surface area contributed by atoms with Crippen LogP contribution in [0, 0.1) is 12.3 Å². The molecule has 1 aromatic carbocycles. The number of amides is 1. The average molecular weight is 243 g/mol. The lowest BCUT2D eigenvalue weighted by Crippen LogP contribution is -2.21. The fourth-order valence-electron chi connectivity index (χ4n) is 1.51. The molecule has 2 rings (SSSR count). The van der Waals surface area contributed by atoms with Crippen molar-refractivity contribution in [2.24, 2.45) is 0 Å². The first-order chi connectivity index (χ1) is 8.79. The van der Waals surface area contributed by atoms with E-state index in [1.807, 2.05) is 18.2 Å². The predicted molar refractivity (Wildman–Crippen MR) is 68.1 cm³/mol. The number of terminal acetylenes is 1. The summed E-state index contributed by atoms with van der Waals surface area (Å²) in [6.45, 7) is 0.732. The van der Waals surface area contributed by atoms with Gasteiger partial charge in [0, 0.05) is 19.0 Å². The van der Waals surface area contributed by atoms with E-state index in [9.17, 15) is 4.79 Å². The van der Waals surface area contributed by atoms with Crippen molar-refractivity contribution in [3.8, 4) is 23.8 Å². The molecule has 4 heteroatoms. The molecule has 0 unspecified atom stereocenters. The molecule has 0 aromatic heterocycles. The van der Waals surface area contributed by atoms with Crippen molar-refractivity contribution in [1.29, 1.82) is 0 Å². The van der Waals surface area contributed by atoms with E-state index < -0.39 is 0 Å². The minimum atomic E-state index is -0.164. The SMILES string of the molecule is C#CCCNC(=O)C=Cc1ccc2c(c1)OCO2. The first-order valence-electron chi connectivity index (χ1n) is 5.58. The summed E-state index contributed by atoms with van der Waals surface area (Å²) in [5.41, 5.74) is 0.881. The Balaban J connectivity index is 1.93. The zero-order valence-electron chi connectivity index (χ0n) is 9.81. The Bertz CT molecular complexity index is 514. The molecule has 0 saturated heterocycles. The van der Waals surface area contributed by atoms with Gasteiger partial charge in [0.1, 0.15) is 0 Å². The smallest absolute Gasteiger partial charge is 0.244 e. The number of benzene rings is 1. The largest absolute Gasteiger partial charge is 0.454 e. The summed E-state index contributed by atoms with van der Waals surface area (Å²) < 4.78 is 10.4. The van der Waals surface area contributed by atoms with Crippen LogP contribution in [0.1, 0.15) is 12.0 Å². The third kappa shape index (κ3) is 3.05. The first kappa shape index (κ1) is 12.1. The molecule has 0 radical (unpaired) electrons. The van der Waals surface area contributed by atoms with Crippen LogP contribution in [0.15, 0.2) is 24.3 Å². The molecule has 0 spiro atoms. The standard InChI is InChI=1S/C14H13NO3/c1-2-3-8-15-14(16)7-5-11-4-6-12-13(9-11)18-10-17-12/h1,4-7,9H,3,8,10H2,(H,15,16). The van der Waals surface area contributed by atoms with Crippen LogP contribution < -0.4 is 14.8 Å². The molecule has 0 atom stereocenters. The summed E-state index contributed by atoms with van der Waals surface area (Å²) in [4.78, 5) is 11.4. The molecule has 0 saturated carbocycles. The van der Waals surface area contributed by atoms with Crippen molar-refractivity contribution < 1.29 is 14.3 Å². The first-order valence-corrected chi connectivity index (χ1v) is 5.58. The zero-order chi connectivity index (χ0) is 12.8. The van der Waals surface area contributed by atoms with E-state index in [0.717, 1.165) is 11.3 Å². The molecule has 1 aromatic rings. The highest BCUT2D eigenvalue weighted by Gasteiger charge is 2.12. The van der Waals surface area contributed by atoms with E-state index in [1.54, 1.807) is 6.08 Å². The fourth-order valence-corrected chi connectivity index (χ4v) is 1.51. The maximum absolute atomic E-state index is 11.4. The number of nitrogens with one attached hydrogen (secondary N) is 1. The van der Waals surface area contributed by atoms with Gasteiger partial charge in [0.15, 0.2) is 11.5 Å². The van der Waals surface area contributed by atoms with Crippen molar-refractivity contribution in [3.63, 3.8) is 0 Å². The van der Waals surface area contributed by atoms with Crippen LogP contribution >= 0.6 is 0 Å². The molecule has 1 N–H and O–H groups in total. The molecule has 0 fully saturated rings. The van der Waals surface area contributed by atoms with E-state index in [1.165, 1.54) is 6.08 Å². The molecule has 0 bridgehead atoms. The quantitative estimate of drug-likeness (QED) is 0.496. The van der Waals surface area contributed by atoms with Crippen LogP contribution in [0.25, 0.3) is 6.08 Å². The van der Waals surface area contributed by atoms with Crippen molar-refractivity contribution in [2.45, 2.75) is 6.42 Å². The molecular formula is C14H13NO3. The average Bonchev–Trinajstić information content (AvgIpc) is 2.84. The van der Waals surface area contributed by atoms with Gasteiger partial charge in [0.2, 0.25) is 12.7 Å². The number of carbonyl (C=O) groups excluding carboxylic acids is 1. The van der Waals surface area contributed by atoms with Gasteiger partial charge in [-0.05, 0) is 23.8 Å². The van der Waals surface area contributed by atoms with Crippen LogP contribution in [0.5, 0.6) is 11.5 Å². The number of carbonyl (C=O) groups is 1. The highest BCUT2D eigenvalue weighted by molar-refractivity contribution is 5.91. The third-order valence-corrected chi connectivity index (χ3v) is 2.39. The predicted octanol–water partition coefficient (Wildman–Crippen LogP) is 1.57. The summed E-state index contributed by atoms with van der Waals surface area (Å²) in [5.74, 6) is 3.72. The minimum absolute atomic E-state index is 0.164. The van der Waals surface area contributed by atoms with E-state index in [-0.39, 0.29) is 12.7 Å². The molecule has 92 valence electrons. The van der Waals surface area contributed by atoms with E-state index in [4.69, 9.17) is 15.9 Å². The van der Waals surface area contributed by atoms with Gasteiger partial charge in [-0.3, -0.25) is 4.79 Å². The molecule has 4 nitrogen and oxygen atoms in total. The van der Waals surface area contributed by atoms with Crippen LogP contribution in [0.4, 0.5) is 0 Å². The number of rotatable bonds is 4. The topological polar surface area (TPSA) is 47.6 Å². The molecular weight excluding hydrogens is 230 g/mol. The minimum Gasteiger partial charge on any atom is -0.454 e. The van der Waals surface area contributed by atoms with Gasteiger partial charge in [-0.25, -0.2) is 0 Å². The monoisotopic (exact) mass is 243 g/mol. The lowest BCUT2D eigenvalue weighted by Gasteiger charge is -1.99. The summed E-state index contributed by atoms with van der Waals surface area (Å²) in [6.07, 6.45) is 8.80. The second kappa shape index (κ2) is 5.78. The Morgan fingerprint density at radius 1 is 1.44 bits per heavy atom. The van der Waals surface area contributed by atoms with Crippen molar-refractivity contribution in [1.82, 2.24) is 5.32 Å². The Kier molecular flexibility index (Phi) is 3.87. The van der Waals surface area contributed by atoms with Gasteiger partial charge < -0.3 is 14.8 Å². The van der Waals surface area contributed by atoms with Crippen LogP contribution in [-0.2, 0) is 4.79 Å². The van der Waals surface area contributed by atoms with E-state index >= 15 is 0 Å². The molecule has 1 aliphatic rings. The summed E-state index contributed by atoms with van der Waals surface area (Å²) in [5, 5.41) is 2.68. The van der Waals surface area contributed by atoms with Gasteiger partial charge in [0.05, 0.1) is 0 Å². The lowest BCUT2D eigenvalue weighted by molar-refractivity contribution is -0.116. The molecule has 18 heavy (non-hydrogen) atoms. The Morgan fingerprint density at radius 2 is 2.28 bits per heavy atom. The maximum atomic E-state index is 11.4. The van der Waals surface area contributed by atoms with E-state index in [0.29, 0.717) is 18.7 Å². The summed E-state index contributed by atoms with van der Waals surface area (Å²) in [6, 6.07) is 5.50. The molecule has 1 heterocycles. The maximum Gasteiger partial charge on any atom is 0.244 e. The molecule has 1 amide bonds. The van der Waals surface area contributed by atoms with Crippen LogP contribution in [-0.4, -0.2) is 19.2 Å². The summed E-state index contributed by atoms with van der Waals surface area (Å²) >= 11 is 0. The van der Waals surface area contributed by atoms with Gasteiger partial charge in [-0.2, -0.15) is 0 Å². The Morgan fingerprint density at radius 3 is 3.11 bits per heavy atom. The summed E-state index contributed by atoms with van der Waals surface area (Å²) in [7, 11) is 0. The zero-order valence-corrected chi connectivity index (χ0v) is 9.81. The number of ether oxygens (including phenoxy) is 2. The Hall–Kier alpha value is -2.41. The van der Waals surface area contributed by atoms with Crippen LogP contribution in [0.3, 0.4) is 0 Å². The number of hydrogen-bond acceptors (Lipinski definition) is 3. The highest BCUT2D eigenvalue weighted by Crippen LogP contribution is 2.32. The molecule has 0 aliphatic carbocycles. The Labute approximate surface area is 106 Å². The normalized spacial score (nSPS) is 12.4. The van der Waals surface area contributed by atoms with Gasteiger partial charge in [-0.15, -0.1) is 12.3 Å². The lowest BCUT2D eigenvalue weighted by atomic mass is 10.2. The van der Waals surface area contributed by atoms with Crippen molar-refractivity contribution in [3.05, 3.63) is 29.8 Å². The number of fused-ring (bicyclic) bond motifs is 1. The third-order valence-electron chi connectivity index (χ3n) is 2.39.